The van der Waals surface area contributed by atoms with Crippen molar-refractivity contribution in [2.45, 2.75) is 51.4 Å². The Balaban J connectivity index is 2.14. The number of hydrogen-bond donors (Lipinski definition) is 0. The van der Waals surface area contributed by atoms with Crippen molar-refractivity contribution in [3.8, 4) is 0 Å². The summed E-state index contributed by atoms with van der Waals surface area (Å²) in [5.41, 5.74) is 0. The summed E-state index contributed by atoms with van der Waals surface area (Å²) >= 11 is 0. The smallest absolute Gasteiger partial charge is 0.135 e. The molecule has 1 fully saturated rings. The highest BCUT2D eigenvalue weighted by molar-refractivity contribution is 5.78. The summed E-state index contributed by atoms with van der Waals surface area (Å²) < 4.78 is 5.36. The highest BCUT2D eigenvalue weighted by Crippen LogP contribution is 2.09. The first-order chi connectivity index (χ1) is 6.39. The Bertz CT molecular complexity index is 129. The standard InChI is InChI=1S/C11H20O2/c12-11-7-5-3-1-2-4-6-9-13-10-8-11/h1-10H2. The van der Waals surface area contributed by atoms with Crippen molar-refractivity contribution < 1.29 is 9.53 Å². The van der Waals surface area contributed by atoms with Crippen molar-refractivity contribution in [1.29, 1.82) is 0 Å². The van der Waals surface area contributed by atoms with Crippen LogP contribution in [-0.4, -0.2) is 19.0 Å². The molecule has 0 atom stereocenters. The third-order valence-corrected chi connectivity index (χ3v) is 2.52. The monoisotopic (exact) mass is 184 g/mol. The topological polar surface area (TPSA) is 26.3 Å². The van der Waals surface area contributed by atoms with Crippen molar-refractivity contribution in [2.24, 2.45) is 0 Å². The van der Waals surface area contributed by atoms with Crippen LogP contribution in [-0.2, 0) is 9.53 Å². The van der Waals surface area contributed by atoms with Crippen molar-refractivity contribution in [3.05, 3.63) is 0 Å². The Labute approximate surface area is 80.7 Å². The van der Waals surface area contributed by atoms with Gasteiger partial charge in [0, 0.05) is 19.4 Å². The van der Waals surface area contributed by atoms with Gasteiger partial charge in [0.15, 0.2) is 0 Å². The van der Waals surface area contributed by atoms with Crippen LogP contribution in [0.1, 0.15) is 51.4 Å². The molecule has 0 bridgehead atoms. The molecule has 1 aliphatic heterocycles. The zero-order valence-corrected chi connectivity index (χ0v) is 8.39. The minimum absolute atomic E-state index is 0.376. The van der Waals surface area contributed by atoms with Crippen molar-refractivity contribution in [3.63, 3.8) is 0 Å². The van der Waals surface area contributed by atoms with Gasteiger partial charge < -0.3 is 4.74 Å². The van der Waals surface area contributed by atoms with Gasteiger partial charge in [0.2, 0.25) is 0 Å². The van der Waals surface area contributed by atoms with Gasteiger partial charge in [-0.2, -0.15) is 0 Å². The van der Waals surface area contributed by atoms with E-state index in [2.05, 4.69) is 0 Å². The fourth-order valence-corrected chi connectivity index (χ4v) is 1.65. The third kappa shape index (κ3) is 5.81. The lowest BCUT2D eigenvalue weighted by atomic mass is 10.1. The lowest BCUT2D eigenvalue weighted by Crippen LogP contribution is -2.05. The predicted molar refractivity (Wildman–Crippen MR) is 52.8 cm³/mol. The van der Waals surface area contributed by atoms with Crippen molar-refractivity contribution in [1.82, 2.24) is 0 Å². The number of Topliss-reactive ketones (excluding diaryl/α,β-unsaturated/α-hetero) is 1. The lowest BCUT2D eigenvalue weighted by Gasteiger charge is -2.06. The van der Waals surface area contributed by atoms with Crippen LogP contribution in [0.4, 0.5) is 0 Å². The minimum atomic E-state index is 0.376. The molecule has 2 nitrogen and oxygen atoms in total. The third-order valence-electron chi connectivity index (χ3n) is 2.52. The summed E-state index contributed by atoms with van der Waals surface area (Å²) in [4.78, 5) is 11.2. The zero-order valence-electron chi connectivity index (χ0n) is 8.39. The number of rotatable bonds is 0. The van der Waals surface area contributed by atoms with Crippen LogP contribution in [0.3, 0.4) is 0 Å². The predicted octanol–water partition coefficient (Wildman–Crippen LogP) is 2.71. The van der Waals surface area contributed by atoms with E-state index in [0.29, 0.717) is 18.8 Å². The van der Waals surface area contributed by atoms with Crippen molar-refractivity contribution >= 4 is 5.78 Å². The van der Waals surface area contributed by atoms with Crippen LogP contribution in [0, 0.1) is 0 Å². The van der Waals surface area contributed by atoms with Crippen LogP contribution in [0.2, 0.25) is 0 Å². The van der Waals surface area contributed by atoms with E-state index in [1.54, 1.807) is 0 Å². The van der Waals surface area contributed by atoms with Gasteiger partial charge in [0.1, 0.15) is 5.78 Å². The maximum Gasteiger partial charge on any atom is 0.135 e. The van der Waals surface area contributed by atoms with Crippen LogP contribution in [0.15, 0.2) is 0 Å². The van der Waals surface area contributed by atoms with Crippen LogP contribution in [0.25, 0.3) is 0 Å². The van der Waals surface area contributed by atoms with Gasteiger partial charge in [-0.05, 0) is 12.8 Å². The molecule has 0 aromatic carbocycles. The Kier molecular flexibility index (Phi) is 5.83. The molecule has 1 aliphatic rings. The molecule has 1 rings (SSSR count). The summed E-state index contributed by atoms with van der Waals surface area (Å²) in [5, 5.41) is 0. The van der Waals surface area contributed by atoms with Gasteiger partial charge in [-0.15, -0.1) is 0 Å². The molecule has 0 amide bonds. The van der Waals surface area contributed by atoms with E-state index in [1.165, 1.54) is 25.7 Å². The number of ether oxygens (including phenoxy) is 1. The van der Waals surface area contributed by atoms with E-state index in [4.69, 9.17) is 4.74 Å². The van der Waals surface area contributed by atoms with E-state index < -0.39 is 0 Å². The zero-order chi connectivity index (χ0) is 9.36. The molecule has 0 N–H and O–H groups in total. The molecule has 0 spiro atoms. The number of carbonyl (C=O) groups excluding carboxylic acids is 1. The van der Waals surface area contributed by atoms with Gasteiger partial charge in [0.05, 0.1) is 6.61 Å². The molecule has 1 heterocycles. The second-order valence-electron chi connectivity index (χ2n) is 3.77. The molecule has 0 saturated carbocycles. The van der Waals surface area contributed by atoms with E-state index in [0.717, 1.165) is 25.9 Å². The van der Waals surface area contributed by atoms with Gasteiger partial charge in [0.25, 0.3) is 0 Å². The lowest BCUT2D eigenvalue weighted by molar-refractivity contribution is -0.120. The number of ketones is 1. The molecular formula is C11H20O2. The summed E-state index contributed by atoms with van der Waals surface area (Å²) in [6.45, 7) is 1.48. The van der Waals surface area contributed by atoms with E-state index in [-0.39, 0.29) is 0 Å². The van der Waals surface area contributed by atoms with E-state index in [1.807, 2.05) is 0 Å². The molecule has 0 unspecified atom stereocenters. The normalized spacial score (nSPS) is 23.2. The molecular weight excluding hydrogens is 164 g/mol. The molecule has 1 saturated heterocycles. The molecule has 0 aromatic rings. The molecule has 0 aliphatic carbocycles. The summed E-state index contributed by atoms with van der Waals surface area (Å²) in [6, 6.07) is 0. The highest BCUT2D eigenvalue weighted by Gasteiger charge is 2.03. The van der Waals surface area contributed by atoms with Crippen LogP contribution in [0.5, 0.6) is 0 Å². The van der Waals surface area contributed by atoms with Gasteiger partial charge in [-0.25, -0.2) is 0 Å². The van der Waals surface area contributed by atoms with Gasteiger partial charge in [-0.1, -0.05) is 25.7 Å². The second kappa shape index (κ2) is 7.07. The first-order valence-electron chi connectivity index (χ1n) is 5.49. The number of carbonyl (C=O) groups is 1. The largest absolute Gasteiger partial charge is 0.381 e. The van der Waals surface area contributed by atoms with E-state index >= 15 is 0 Å². The minimum Gasteiger partial charge on any atom is -0.381 e. The molecule has 2 heteroatoms. The van der Waals surface area contributed by atoms with E-state index in [9.17, 15) is 4.79 Å². The quantitative estimate of drug-likeness (QED) is 0.578. The maximum atomic E-state index is 11.2. The Morgan fingerprint density at radius 2 is 1.46 bits per heavy atom. The van der Waals surface area contributed by atoms with Crippen LogP contribution < -0.4 is 0 Å². The SMILES string of the molecule is O=C1CCCCCCCCOCC1. The first-order valence-corrected chi connectivity index (χ1v) is 5.49. The Morgan fingerprint density at radius 3 is 2.31 bits per heavy atom. The highest BCUT2D eigenvalue weighted by atomic mass is 16.5. The van der Waals surface area contributed by atoms with Crippen molar-refractivity contribution in [2.75, 3.05) is 13.2 Å². The maximum absolute atomic E-state index is 11.2. The number of hydrogen-bond acceptors (Lipinski definition) is 2. The Morgan fingerprint density at radius 1 is 0.769 bits per heavy atom. The molecule has 0 aromatic heterocycles. The fraction of sp³-hybridized carbons (Fsp3) is 0.909. The van der Waals surface area contributed by atoms with Gasteiger partial charge in [-0.3, -0.25) is 4.79 Å². The molecule has 13 heavy (non-hydrogen) atoms. The first kappa shape index (κ1) is 10.7. The van der Waals surface area contributed by atoms with Crippen LogP contribution >= 0.6 is 0 Å². The molecule has 0 radical (unpaired) electrons. The Hall–Kier alpha value is -0.370. The second-order valence-corrected chi connectivity index (χ2v) is 3.77. The summed E-state index contributed by atoms with van der Waals surface area (Å²) in [7, 11) is 0. The fourth-order valence-electron chi connectivity index (χ4n) is 1.65. The summed E-state index contributed by atoms with van der Waals surface area (Å²) in [6.07, 6.45) is 8.74. The average Bonchev–Trinajstić information content (AvgIpc) is 2.11. The summed E-state index contributed by atoms with van der Waals surface area (Å²) in [5.74, 6) is 0.376. The average molecular weight is 184 g/mol. The van der Waals surface area contributed by atoms with Gasteiger partial charge >= 0.3 is 0 Å². The molecule has 76 valence electrons.